The fraction of sp³-hybridized carbons (Fsp3) is 0.480. The average Bonchev–Trinajstić information content (AvgIpc) is 3.20. The molecule has 2 fully saturated rings. The molecule has 0 aromatic carbocycles. The lowest BCUT2D eigenvalue weighted by molar-refractivity contribution is -0.138. The molecule has 4 rings (SSSR count). The smallest absolute Gasteiger partial charge is 0.317 e. The lowest BCUT2D eigenvalue weighted by atomic mass is 9.84. The Kier molecular flexibility index (Phi) is 6.95. The number of H-pyrrole nitrogens is 1. The first-order valence-electron chi connectivity index (χ1n) is 11.8. The summed E-state index contributed by atoms with van der Waals surface area (Å²) in [5.41, 5.74) is 2.98. The number of carboxylic acids is 1. The van der Waals surface area contributed by atoms with E-state index in [1.165, 1.54) is 12.2 Å². The summed E-state index contributed by atoms with van der Waals surface area (Å²) in [5.74, 6) is -1.64. The Bertz CT molecular complexity index is 1140. The van der Waals surface area contributed by atoms with Crippen LogP contribution in [0.1, 0.15) is 40.7 Å². The van der Waals surface area contributed by atoms with Gasteiger partial charge in [-0.25, -0.2) is 4.39 Å². The molecule has 1 unspecified atom stereocenters. The molecule has 10 heteroatoms. The van der Waals surface area contributed by atoms with Crippen molar-refractivity contribution in [3.63, 3.8) is 0 Å². The number of carbonyl (C=O) groups excluding carboxylic acids is 2. The fourth-order valence-electron chi connectivity index (χ4n) is 5.03. The highest BCUT2D eigenvalue weighted by molar-refractivity contribution is 6.07. The summed E-state index contributed by atoms with van der Waals surface area (Å²) in [4.78, 5) is 43.8. The van der Waals surface area contributed by atoms with E-state index in [-0.39, 0.29) is 24.2 Å². The topological polar surface area (TPSA) is 118 Å². The lowest BCUT2D eigenvalue weighted by Gasteiger charge is -2.33. The van der Waals surface area contributed by atoms with E-state index in [2.05, 4.69) is 20.5 Å². The molecule has 3 aliphatic rings. The number of nitrogens with one attached hydrogen (secondary N) is 3. The lowest BCUT2D eigenvalue weighted by Crippen LogP contribution is -2.49. The van der Waals surface area contributed by atoms with Crippen LogP contribution >= 0.6 is 0 Å². The maximum Gasteiger partial charge on any atom is 0.317 e. The van der Waals surface area contributed by atoms with Crippen molar-refractivity contribution < 1.29 is 23.9 Å². The Morgan fingerprint density at radius 2 is 1.91 bits per heavy atom. The number of aryl methyl sites for hydroxylation is 1. The number of nitrogens with zero attached hydrogens (tertiary/aromatic N) is 2. The molecule has 2 amide bonds. The Hall–Kier alpha value is -3.24. The number of aromatic amines is 1. The summed E-state index contributed by atoms with van der Waals surface area (Å²) in [6.45, 7) is 9.62. The molecule has 4 N–H and O–H groups in total. The number of allylic oxidation sites excluding steroid dienone is 2. The van der Waals surface area contributed by atoms with Crippen molar-refractivity contribution in [1.82, 2.24) is 25.4 Å². The highest BCUT2D eigenvalue weighted by atomic mass is 19.1. The normalized spacial score (nSPS) is 24.1. The van der Waals surface area contributed by atoms with Crippen molar-refractivity contribution in [3.05, 3.63) is 51.6 Å². The number of piperazine rings is 1. The molecule has 188 valence electrons. The van der Waals surface area contributed by atoms with Gasteiger partial charge in [-0.15, -0.1) is 0 Å². The Morgan fingerprint density at radius 3 is 2.60 bits per heavy atom. The second-order valence-electron chi connectivity index (χ2n) is 9.63. The van der Waals surface area contributed by atoms with Gasteiger partial charge in [0.05, 0.1) is 17.6 Å². The molecule has 0 saturated carbocycles. The number of hydrogen-bond donors (Lipinski definition) is 4. The molecule has 2 saturated heterocycles. The van der Waals surface area contributed by atoms with E-state index in [0.29, 0.717) is 60.7 Å². The van der Waals surface area contributed by atoms with Crippen LogP contribution in [-0.2, 0) is 9.59 Å². The number of hydrogen-bond acceptors (Lipinski definition) is 5. The summed E-state index contributed by atoms with van der Waals surface area (Å²) in [6, 6.07) is 0. The van der Waals surface area contributed by atoms with Gasteiger partial charge in [0.1, 0.15) is 5.83 Å². The number of halogens is 1. The van der Waals surface area contributed by atoms with Crippen LogP contribution in [0.3, 0.4) is 0 Å². The van der Waals surface area contributed by atoms with Crippen molar-refractivity contribution in [2.45, 2.75) is 32.7 Å². The van der Waals surface area contributed by atoms with Crippen molar-refractivity contribution >= 4 is 23.9 Å². The zero-order chi connectivity index (χ0) is 25.3. The third-order valence-corrected chi connectivity index (χ3v) is 7.04. The number of amides is 2. The van der Waals surface area contributed by atoms with Crippen LogP contribution in [0.15, 0.2) is 29.1 Å². The Balaban J connectivity index is 1.40. The van der Waals surface area contributed by atoms with Gasteiger partial charge in [0.25, 0.3) is 11.8 Å². The van der Waals surface area contributed by atoms with E-state index < -0.39 is 11.5 Å². The number of aromatic nitrogens is 1. The van der Waals surface area contributed by atoms with Crippen LogP contribution in [0.25, 0.3) is 6.08 Å². The van der Waals surface area contributed by atoms with Gasteiger partial charge < -0.3 is 20.7 Å². The molecule has 0 radical (unpaired) electrons. The van der Waals surface area contributed by atoms with E-state index in [1.807, 2.05) is 25.7 Å². The molecule has 1 aromatic rings. The van der Waals surface area contributed by atoms with Gasteiger partial charge in [0.15, 0.2) is 0 Å². The number of carboxylic acid groups (broad SMARTS) is 1. The van der Waals surface area contributed by atoms with Gasteiger partial charge in [-0.1, -0.05) is 0 Å². The van der Waals surface area contributed by atoms with Crippen LogP contribution < -0.4 is 10.6 Å². The summed E-state index contributed by atoms with van der Waals surface area (Å²) in [5, 5.41) is 14.8. The van der Waals surface area contributed by atoms with Gasteiger partial charge in [-0.3, -0.25) is 24.2 Å². The van der Waals surface area contributed by atoms with E-state index in [1.54, 1.807) is 6.08 Å². The van der Waals surface area contributed by atoms with Crippen LogP contribution in [0.2, 0.25) is 0 Å². The molecule has 1 aliphatic carbocycles. The monoisotopic (exact) mass is 485 g/mol. The summed E-state index contributed by atoms with van der Waals surface area (Å²) in [7, 11) is 0. The van der Waals surface area contributed by atoms with Crippen LogP contribution in [0.4, 0.5) is 4.39 Å². The number of aliphatic carboxylic acids is 1. The second-order valence-corrected chi connectivity index (χ2v) is 9.63. The minimum atomic E-state index is -0.819. The first-order valence-corrected chi connectivity index (χ1v) is 11.8. The zero-order valence-electron chi connectivity index (χ0n) is 20.3. The van der Waals surface area contributed by atoms with Crippen molar-refractivity contribution in [2.24, 2.45) is 0 Å². The van der Waals surface area contributed by atoms with Gasteiger partial charge in [-0.05, 0) is 56.6 Å². The van der Waals surface area contributed by atoms with E-state index in [9.17, 15) is 18.8 Å². The predicted molar refractivity (Wildman–Crippen MR) is 130 cm³/mol. The maximum absolute atomic E-state index is 13.9. The molecule has 0 bridgehead atoms. The van der Waals surface area contributed by atoms with Crippen LogP contribution in [0, 0.1) is 13.8 Å². The molecule has 0 spiro atoms. The third kappa shape index (κ3) is 5.23. The molecule has 2 aliphatic heterocycles. The number of fused-ring (bicyclic) bond motifs is 1. The fourth-order valence-corrected chi connectivity index (χ4v) is 5.03. The standard InChI is InChI=1S/C25H32FN5O4/c1-15-20(13-18-19-12-17(26)4-5-25(19,3)29-23(18)34)28-16(2)22(15)24(35)27-6-7-30-8-10-31(11-9-30)14-21(32)33/h4,12-13,28H,5-11,14H2,1-3H3,(H,27,35)(H,29,34)(H,32,33)/b18-13-. The van der Waals surface area contributed by atoms with Crippen molar-refractivity contribution in [1.29, 1.82) is 0 Å². The SMILES string of the molecule is Cc1[nH]c(/C=C2\C(=O)NC3(C)CC=C(F)C=C23)c(C)c1C(=O)NCCN1CCN(CC(=O)O)CC1. The minimum absolute atomic E-state index is 0.0545. The number of rotatable bonds is 7. The highest BCUT2D eigenvalue weighted by Gasteiger charge is 2.43. The summed E-state index contributed by atoms with van der Waals surface area (Å²) >= 11 is 0. The van der Waals surface area contributed by atoms with Crippen LogP contribution in [0.5, 0.6) is 0 Å². The molecular weight excluding hydrogens is 453 g/mol. The largest absolute Gasteiger partial charge is 0.480 e. The molecule has 3 heterocycles. The second kappa shape index (κ2) is 9.79. The van der Waals surface area contributed by atoms with Gasteiger partial charge in [-0.2, -0.15) is 0 Å². The Morgan fingerprint density at radius 1 is 1.23 bits per heavy atom. The minimum Gasteiger partial charge on any atom is -0.480 e. The van der Waals surface area contributed by atoms with Crippen molar-refractivity contribution in [3.8, 4) is 0 Å². The first-order chi connectivity index (χ1) is 16.6. The number of carbonyl (C=O) groups is 3. The van der Waals surface area contributed by atoms with Gasteiger partial charge in [0.2, 0.25) is 0 Å². The van der Waals surface area contributed by atoms with Crippen molar-refractivity contribution in [2.75, 3.05) is 45.8 Å². The molecular formula is C25H32FN5O4. The molecule has 1 aromatic heterocycles. The molecule has 35 heavy (non-hydrogen) atoms. The first kappa shape index (κ1) is 24.9. The molecule has 9 nitrogen and oxygen atoms in total. The van der Waals surface area contributed by atoms with Crippen LogP contribution in [-0.4, -0.2) is 89.0 Å². The quantitative estimate of drug-likeness (QED) is 0.435. The zero-order valence-corrected chi connectivity index (χ0v) is 20.3. The van der Waals surface area contributed by atoms with E-state index >= 15 is 0 Å². The third-order valence-electron chi connectivity index (χ3n) is 7.04. The van der Waals surface area contributed by atoms with Gasteiger partial charge >= 0.3 is 5.97 Å². The average molecular weight is 486 g/mol. The summed E-state index contributed by atoms with van der Waals surface area (Å²) in [6.07, 6.45) is 4.95. The van der Waals surface area contributed by atoms with E-state index in [0.717, 1.165) is 18.7 Å². The summed E-state index contributed by atoms with van der Waals surface area (Å²) < 4.78 is 13.9. The predicted octanol–water partition coefficient (Wildman–Crippen LogP) is 1.52. The Labute approximate surface area is 203 Å². The maximum atomic E-state index is 13.9. The van der Waals surface area contributed by atoms with Gasteiger partial charge in [0, 0.05) is 56.2 Å². The molecule has 1 atom stereocenters. The van der Waals surface area contributed by atoms with E-state index in [4.69, 9.17) is 5.11 Å². The highest BCUT2D eigenvalue weighted by Crippen LogP contribution is 2.39.